The van der Waals surface area contributed by atoms with Gasteiger partial charge in [-0.1, -0.05) is 17.7 Å². The van der Waals surface area contributed by atoms with Crippen LogP contribution >= 0.6 is 27.5 Å². The molecular weight excluding hydrogens is 356 g/mol. The molecule has 110 valence electrons. The van der Waals surface area contributed by atoms with Gasteiger partial charge in [0, 0.05) is 36.9 Å². The standard InChI is InChI=1S/C14H14BrClN4O/c15-12-13(17-9-18-14(12)21)20-6-4-19(5-7-20)11-3-1-2-10(16)8-11/h1-3,8-9H,4-7H2,(H,17,18,21). The van der Waals surface area contributed by atoms with Crippen LogP contribution < -0.4 is 15.4 Å². The third-order valence-corrected chi connectivity index (χ3v) is 4.48. The second-order valence-corrected chi connectivity index (χ2v) is 6.05. The molecule has 0 unspecified atom stereocenters. The molecule has 2 aromatic rings. The third kappa shape index (κ3) is 3.06. The molecule has 1 N–H and O–H groups in total. The number of rotatable bonds is 2. The van der Waals surface area contributed by atoms with Gasteiger partial charge in [0.15, 0.2) is 0 Å². The van der Waals surface area contributed by atoms with Crippen LogP contribution in [0.15, 0.2) is 39.9 Å². The van der Waals surface area contributed by atoms with Gasteiger partial charge in [-0.25, -0.2) is 4.98 Å². The monoisotopic (exact) mass is 368 g/mol. The maximum absolute atomic E-state index is 11.6. The number of anilines is 2. The Bertz CT molecular complexity index is 697. The van der Waals surface area contributed by atoms with Crippen molar-refractivity contribution < 1.29 is 0 Å². The molecule has 2 heterocycles. The summed E-state index contributed by atoms with van der Waals surface area (Å²) in [5, 5.41) is 0.744. The minimum atomic E-state index is -0.155. The fourth-order valence-electron chi connectivity index (χ4n) is 2.44. The molecule has 0 radical (unpaired) electrons. The van der Waals surface area contributed by atoms with E-state index >= 15 is 0 Å². The van der Waals surface area contributed by atoms with E-state index in [1.165, 1.54) is 6.33 Å². The first-order chi connectivity index (χ1) is 10.1. The number of piperazine rings is 1. The summed E-state index contributed by atoms with van der Waals surface area (Å²) in [6.45, 7) is 3.34. The summed E-state index contributed by atoms with van der Waals surface area (Å²) >= 11 is 9.34. The first-order valence-corrected chi connectivity index (χ1v) is 7.81. The lowest BCUT2D eigenvalue weighted by atomic mass is 10.2. The van der Waals surface area contributed by atoms with Crippen LogP contribution in [0.2, 0.25) is 5.02 Å². The van der Waals surface area contributed by atoms with Gasteiger partial charge in [-0.15, -0.1) is 0 Å². The Morgan fingerprint density at radius 2 is 1.90 bits per heavy atom. The van der Waals surface area contributed by atoms with Gasteiger partial charge in [0.1, 0.15) is 10.3 Å². The molecule has 0 bridgehead atoms. The lowest BCUT2D eigenvalue weighted by molar-refractivity contribution is 0.645. The molecule has 0 amide bonds. The Labute approximate surface area is 135 Å². The molecule has 0 spiro atoms. The van der Waals surface area contributed by atoms with E-state index in [9.17, 15) is 4.79 Å². The van der Waals surface area contributed by atoms with E-state index in [2.05, 4.69) is 41.8 Å². The minimum Gasteiger partial charge on any atom is -0.368 e. The van der Waals surface area contributed by atoms with Crippen molar-refractivity contribution in [3.63, 3.8) is 0 Å². The summed E-state index contributed by atoms with van der Waals surface area (Å²) in [5.41, 5.74) is 0.970. The minimum absolute atomic E-state index is 0.155. The van der Waals surface area contributed by atoms with Crippen molar-refractivity contribution >= 4 is 39.0 Å². The largest absolute Gasteiger partial charge is 0.368 e. The summed E-state index contributed by atoms with van der Waals surface area (Å²) in [7, 11) is 0. The molecule has 1 aromatic carbocycles. The Balaban J connectivity index is 1.73. The van der Waals surface area contributed by atoms with E-state index in [4.69, 9.17) is 11.6 Å². The number of nitrogens with one attached hydrogen (secondary N) is 1. The van der Waals surface area contributed by atoms with Gasteiger partial charge in [0.25, 0.3) is 5.56 Å². The topological polar surface area (TPSA) is 52.2 Å². The number of hydrogen-bond donors (Lipinski definition) is 1. The van der Waals surface area contributed by atoms with Crippen molar-refractivity contribution in [3.8, 4) is 0 Å². The summed E-state index contributed by atoms with van der Waals surface area (Å²) in [5.74, 6) is 0.699. The van der Waals surface area contributed by atoms with E-state index in [1.54, 1.807) is 0 Å². The quantitative estimate of drug-likeness (QED) is 0.884. The summed E-state index contributed by atoms with van der Waals surface area (Å²) in [6, 6.07) is 7.86. The van der Waals surface area contributed by atoms with E-state index < -0.39 is 0 Å². The number of benzene rings is 1. The summed E-state index contributed by atoms with van der Waals surface area (Å²) in [4.78, 5) is 22.8. The lowest BCUT2D eigenvalue weighted by Crippen LogP contribution is -2.47. The molecule has 21 heavy (non-hydrogen) atoms. The van der Waals surface area contributed by atoms with Gasteiger partial charge in [-0.3, -0.25) is 4.79 Å². The van der Waals surface area contributed by atoms with Crippen LogP contribution in [-0.2, 0) is 0 Å². The molecule has 3 rings (SSSR count). The zero-order valence-electron chi connectivity index (χ0n) is 11.2. The number of hydrogen-bond acceptors (Lipinski definition) is 4. The predicted molar refractivity (Wildman–Crippen MR) is 88.4 cm³/mol. The molecule has 5 nitrogen and oxygen atoms in total. The average Bonchev–Trinajstić information content (AvgIpc) is 2.50. The van der Waals surface area contributed by atoms with Crippen LogP contribution in [0, 0.1) is 0 Å². The van der Waals surface area contributed by atoms with Crippen LogP contribution in [-0.4, -0.2) is 36.1 Å². The van der Waals surface area contributed by atoms with Crippen LogP contribution in [0.4, 0.5) is 11.5 Å². The number of H-pyrrole nitrogens is 1. The molecule has 1 fully saturated rings. The van der Waals surface area contributed by atoms with E-state index in [1.807, 2.05) is 18.2 Å². The molecule has 0 saturated carbocycles. The maximum atomic E-state index is 11.6. The van der Waals surface area contributed by atoms with E-state index in [0.717, 1.165) is 36.9 Å². The van der Waals surface area contributed by atoms with E-state index in [0.29, 0.717) is 10.3 Å². The van der Waals surface area contributed by atoms with E-state index in [-0.39, 0.29) is 5.56 Å². The van der Waals surface area contributed by atoms with Gasteiger partial charge in [0.05, 0.1) is 6.33 Å². The van der Waals surface area contributed by atoms with Gasteiger partial charge in [0.2, 0.25) is 0 Å². The molecule has 0 aliphatic carbocycles. The first-order valence-electron chi connectivity index (χ1n) is 6.64. The highest BCUT2D eigenvalue weighted by Crippen LogP contribution is 2.24. The van der Waals surface area contributed by atoms with Crippen molar-refractivity contribution in [2.75, 3.05) is 36.0 Å². The highest BCUT2D eigenvalue weighted by molar-refractivity contribution is 9.10. The SMILES string of the molecule is O=c1[nH]cnc(N2CCN(c3cccc(Cl)c3)CC2)c1Br. The fraction of sp³-hybridized carbons (Fsp3) is 0.286. The smallest absolute Gasteiger partial charge is 0.267 e. The Morgan fingerprint density at radius 1 is 1.19 bits per heavy atom. The molecular formula is C14H14BrClN4O. The fourth-order valence-corrected chi connectivity index (χ4v) is 3.10. The van der Waals surface area contributed by atoms with Crippen LogP contribution in [0.25, 0.3) is 0 Å². The predicted octanol–water partition coefficient (Wildman–Crippen LogP) is 2.51. The van der Waals surface area contributed by atoms with Crippen molar-refractivity contribution in [1.82, 2.24) is 9.97 Å². The third-order valence-electron chi connectivity index (χ3n) is 3.53. The molecule has 1 aromatic heterocycles. The van der Waals surface area contributed by atoms with Crippen LogP contribution in [0.5, 0.6) is 0 Å². The summed E-state index contributed by atoms with van der Waals surface area (Å²) in [6.07, 6.45) is 1.44. The second kappa shape index (κ2) is 6.07. The Hall–Kier alpha value is -1.53. The van der Waals surface area contributed by atoms with Crippen molar-refractivity contribution in [2.45, 2.75) is 0 Å². The molecule has 1 aliphatic rings. The number of aromatic nitrogens is 2. The van der Waals surface area contributed by atoms with Gasteiger partial charge in [-0.05, 0) is 34.1 Å². The zero-order chi connectivity index (χ0) is 14.8. The maximum Gasteiger partial charge on any atom is 0.267 e. The Kier molecular flexibility index (Phi) is 4.17. The molecule has 1 aliphatic heterocycles. The van der Waals surface area contributed by atoms with Crippen molar-refractivity contribution in [3.05, 3.63) is 50.4 Å². The number of aromatic amines is 1. The zero-order valence-corrected chi connectivity index (χ0v) is 13.6. The van der Waals surface area contributed by atoms with Gasteiger partial charge >= 0.3 is 0 Å². The molecule has 0 atom stereocenters. The number of nitrogens with zero attached hydrogens (tertiary/aromatic N) is 3. The highest BCUT2D eigenvalue weighted by Gasteiger charge is 2.21. The first kappa shape index (κ1) is 14.4. The van der Waals surface area contributed by atoms with Crippen molar-refractivity contribution in [2.24, 2.45) is 0 Å². The summed E-state index contributed by atoms with van der Waals surface area (Å²) < 4.78 is 0.487. The molecule has 7 heteroatoms. The number of halogens is 2. The second-order valence-electron chi connectivity index (χ2n) is 4.82. The Morgan fingerprint density at radius 3 is 2.62 bits per heavy atom. The normalized spacial score (nSPS) is 15.3. The average molecular weight is 370 g/mol. The van der Waals surface area contributed by atoms with Gasteiger partial charge in [-0.2, -0.15) is 0 Å². The van der Waals surface area contributed by atoms with Gasteiger partial charge < -0.3 is 14.8 Å². The van der Waals surface area contributed by atoms with Crippen LogP contribution in [0.3, 0.4) is 0 Å². The lowest BCUT2D eigenvalue weighted by Gasteiger charge is -2.36. The van der Waals surface area contributed by atoms with Crippen LogP contribution in [0.1, 0.15) is 0 Å². The highest BCUT2D eigenvalue weighted by atomic mass is 79.9. The molecule has 1 saturated heterocycles. The van der Waals surface area contributed by atoms with Crippen molar-refractivity contribution in [1.29, 1.82) is 0 Å².